The maximum absolute atomic E-state index is 12.5. The summed E-state index contributed by atoms with van der Waals surface area (Å²) < 4.78 is 1.55. The molecule has 0 saturated carbocycles. The van der Waals surface area contributed by atoms with E-state index in [1.54, 1.807) is 41.1 Å². The number of carbonyl (C=O) groups is 1. The van der Waals surface area contributed by atoms with Crippen LogP contribution in [0.1, 0.15) is 15.9 Å². The number of hydrogen-bond donors (Lipinski definition) is 1. The first-order valence-electron chi connectivity index (χ1n) is 8.77. The van der Waals surface area contributed by atoms with Crippen LogP contribution in [0.15, 0.2) is 84.4 Å². The van der Waals surface area contributed by atoms with Gasteiger partial charge in [-0.1, -0.05) is 23.7 Å². The molecule has 0 unspecified atom stereocenters. The van der Waals surface area contributed by atoms with E-state index in [-0.39, 0.29) is 5.91 Å². The number of hydrogen-bond acceptors (Lipinski definition) is 5. The summed E-state index contributed by atoms with van der Waals surface area (Å²) in [7, 11) is 0. The molecule has 0 bridgehead atoms. The first kappa shape index (κ1) is 19.2. The molecule has 6 nitrogen and oxygen atoms in total. The number of benzene rings is 2. The van der Waals surface area contributed by atoms with E-state index in [0.29, 0.717) is 17.1 Å². The van der Waals surface area contributed by atoms with Crippen LogP contribution in [-0.4, -0.2) is 25.7 Å². The highest BCUT2D eigenvalue weighted by Crippen LogP contribution is 2.24. The smallest absolute Gasteiger partial charge is 0.255 e. The lowest BCUT2D eigenvalue weighted by molar-refractivity contribution is 0.102. The minimum Gasteiger partial charge on any atom is -0.321 e. The lowest BCUT2D eigenvalue weighted by atomic mass is 10.1. The van der Waals surface area contributed by atoms with Crippen LogP contribution in [0.2, 0.25) is 5.02 Å². The van der Waals surface area contributed by atoms with Crippen LogP contribution in [0.25, 0.3) is 5.82 Å². The van der Waals surface area contributed by atoms with E-state index in [1.807, 2.05) is 48.5 Å². The highest BCUT2D eigenvalue weighted by molar-refractivity contribution is 7.98. The first-order valence-corrected chi connectivity index (χ1v) is 10.1. The molecule has 4 aromatic rings. The average molecular weight is 422 g/mol. The van der Waals surface area contributed by atoms with Crippen molar-refractivity contribution in [2.45, 2.75) is 10.6 Å². The number of halogens is 1. The van der Waals surface area contributed by atoms with E-state index >= 15 is 0 Å². The fraction of sp³-hybridized carbons (Fsp3) is 0.0476. The summed E-state index contributed by atoms with van der Waals surface area (Å²) in [5.74, 6) is 1.26. The molecule has 29 heavy (non-hydrogen) atoms. The molecule has 2 aromatic carbocycles. The topological polar surface area (TPSA) is 72.7 Å². The van der Waals surface area contributed by atoms with Gasteiger partial charge in [0.15, 0.2) is 5.82 Å². The summed E-state index contributed by atoms with van der Waals surface area (Å²) in [5, 5.41) is 7.60. The van der Waals surface area contributed by atoms with E-state index in [4.69, 9.17) is 11.6 Å². The SMILES string of the molecule is O=C(Nc1ccc(-n2cncn2)nc1)c1ccc(CSc2ccc(Cl)cc2)cc1. The molecular weight excluding hydrogens is 406 g/mol. The molecule has 0 saturated heterocycles. The van der Waals surface area contributed by atoms with E-state index in [2.05, 4.69) is 20.4 Å². The van der Waals surface area contributed by atoms with Crippen LogP contribution in [0.3, 0.4) is 0 Å². The van der Waals surface area contributed by atoms with Crippen molar-refractivity contribution in [3.05, 3.63) is 95.7 Å². The van der Waals surface area contributed by atoms with Gasteiger partial charge in [-0.05, 0) is 54.1 Å². The molecule has 2 heterocycles. The Morgan fingerprint density at radius 1 is 1.03 bits per heavy atom. The van der Waals surface area contributed by atoms with Gasteiger partial charge in [0.25, 0.3) is 5.91 Å². The maximum atomic E-state index is 12.5. The van der Waals surface area contributed by atoms with E-state index in [1.165, 1.54) is 6.33 Å². The Balaban J connectivity index is 1.34. The molecule has 1 amide bonds. The maximum Gasteiger partial charge on any atom is 0.255 e. The Labute approximate surface area is 177 Å². The molecule has 0 aliphatic heterocycles. The number of nitrogens with zero attached hydrogens (tertiary/aromatic N) is 4. The Bertz CT molecular complexity index is 1080. The fourth-order valence-electron chi connectivity index (χ4n) is 2.58. The van der Waals surface area contributed by atoms with Gasteiger partial charge in [-0.3, -0.25) is 4.79 Å². The van der Waals surface area contributed by atoms with Gasteiger partial charge in [0.2, 0.25) is 0 Å². The third-order valence-corrected chi connectivity index (χ3v) is 5.43. The van der Waals surface area contributed by atoms with Crippen LogP contribution in [-0.2, 0) is 5.75 Å². The van der Waals surface area contributed by atoms with Gasteiger partial charge in [0.1, 0.15) is 12.7 Å². The van der Waals surface area contributed by atoms with Gasteiger partial charge in [-0.2, -0.15) is 5.10 Å². The summed E-state index contributed by atoms with van der Waals surface area (Å²) in [6.45, 7) is 0. The number of anilines is 1. The van der Waals surface area contributed by atoms with Crippen molar-refractivity contribution in [2.75, 3.05) is 5.32 Å². The highest BCUT2D eigenvalue weighted by atomic mass is 35.5. The predicted octanol–water partition coefficient (Wildman–Crippen LogP) is 4.86. The lowest BCUT2D eigenvalue weighted by Crippen LogP contribution is -2.12. The Morgan fingerprint density at radius 3 is 2.48 bits per heavy atom. The van der Waals surface area contributed by atoms with Crippen LogP contribution in [0, 0.1) is 0 Å². The highest BCUT2D eigenvalue weighted by Gasteiger charge is 2.07. The first-order chi connectivity index (χ1) is 14.2. The standard InChI is InChI=1S/C21H16ClN5OS/c22-17-5-8-19(9-6-17)29-12-15-1-3-16(4-2-15)21(28)26-18-7-10-20(24-11-18)27-14-23-13-25-27/h1-11,13-14H,12H2,(H,26,28). The number of nitrogens with one attached hydrogen (secondary N) is 1. The van der Waals surface area contributed by atoms with E-state index < -0.39 is 0 Å². The van der Waals surface area contributed by atoms with Crippen LogP contribution in [0.5, 0.6) is 0 Å². The minimum atomic E-state index is -0.183. The summed E-state index contributed by atoms with van der Waals surface area (Å²) in [4.78, 5) is 21.8. The van der Waals surface area contributed by atoms with Gasteiger partial charge in [0, 0.05) is 21.2 Å². The van der Waals surface area contributed by atoms with Crippen molar-refractivity contribution in [2.24, 2.45) is 0 Å². The van der Waals surface area contributed by atoms with E-state index in [9.17, 15) is 4.79 Å². The monoisotopic (exact) mass is 421 g/mol. The number of carbonyl (C=O) groups excluding carboxylic acids is 1. The molecule has 2 aromatic heterocycles. The van der Waals surface area contributed by atoms with Crippen LogP contribution in [0.4, 0.5) is 5.69 Å². The molecule has 8 heteroatoms. The number of pyridine rings is 1. The summed E-state index contributed by atoms with van der Waals surface area (Å²) in [5.41, 5.74) is 2.34. The molecule has 0 aliphatic rings. The second kappa shape index (κ2) is 8.89. The molecule has 1 N–H and O–H groups in total. The van der Waals surface area contributed by atoms with Gasteiger partial charge >= 0.3 is 0 Å². The number of thioether (sulfide) groups is 1. The van der Waals surface area contributed by atoms with Crippen LogP contribution >= 0.6 is 23.4 Å². The fourth-order valence-corrected chi connectivity index (χ4v) is 3.56. The number of rotatable bonds is 6. The van der Waals surface area contributed by atoms with Gasteiger partial charge < -0.3 is 5.32 Å². The molecule has 0 atom stereocenters. The van der Waals surface area contributed by atoms with Crippen molar-refractivity contribution in [3.63, 3.8) is 0 Å². The Morgan fingerprint density at radius 2 is 1.83 bits per heavy atom. The predicted molar refractivity (Wildman–Crippen MR) is 115 cm³/mol. The van der Waals surface area contributed by atoms with Gasteiger partial charge in [-0.25, -0.2) is 14.6 Å². The Hall–Kier alpha value is -3.16. The number of amides is 1. The van der Waals surface area contributed by atoms with Crippen molar-refractivity contribution in [1.82, 2.24) is 19.7 Å². The quantitative estimate of drug-likeness (QED) is 0.450. The third kappa shape index (κ3) is 5.01. The minimum absolute atomic E-state index is 0.183. The van der Waals surface area contributed by atoms with Crippen molar-refractivity contribution in [3.8, 4) is 5.82 Å². The molecule has 0 aliphatic carbocycles. The van der Waals surface area contributed by atoms with Crippen LogP contribution < -0.4 is 5.32 Å². The van der Waals surface area contributed by atoms with Crippen molar-refractivity contribution >= 4 is 35.0 Å². The summed E-state index contributed by atoms with van der Waals surface area (Å²) in [6.07, 6.45) is 4.59. The van der Waals surface area contributed by atoms with Gasteiger partial charge in [-0.15, -0.1) is 11.8 Å². The third-order valence-electron chi connectivity index (χ3n) is 4.09. The zero-order chi connectivity index (χ0) is 20.1. The largest absolute Gasteiger partial charge is 0.321 e. The summed E-state index contributed by atoms with van der Waals surface area (Å²) in [6, 6.07) is 18.9. The van der Waals surface area contributed by atoms with Crippen molar-refractivity contribution in [1.29, 1.82) is 0 Å². The molecule has 0 radical (unpaired) electrons. The van der Waals surface area contributed by atoms with Gasteiger partial charge in [0.05, 0.1) is 11.9 Å². The number of aromatic nitrogens is 4. The zero-order valence-electron chi connectivity index (χ0n) is 15.2. The second-order valence-electron chi connectivity index (χ2n) is 6.14. The zero-order valence-corrected chi connectivity index (χ0v) is 16.8. The molecule has 144 valence electrons. The molecule has 0 fully saturated rings. The molecular formula is C21H16ClN5OS. The normalized spacial score (nSPS) is 10.7. The molecule has 0 spiro atoms. The summed E-state index contributed by atoms with van der Waals surface area (Å²) >= 11 is 7.63. The molecule has 4 rings (SSSR count). The Kier molecular flexibility index (Phi) is 5.88. The van der Waals surface area contributed by atoms with E-state index in [0.717, 1.165) is 21.2 Å². The average Bonchev–Trinajstić information content (AvgIpc) is 3.29. The lowest BCUT2D eigenvalue weighted by Gasteiger charge is -2.07. The second-order valence-corrected chi connectivity index (χ2v) is 7.62. The van der Waals surface area contributed by atoms with Crippen molar-refractivity contribution < 1.29 is 4.79 Å².